The van der Waals surface area contributed by atoms with Gasteiger partial charge in [0.1, 0.15) is 12.3 Å². The number of rotatable bonds is 6. The lowest BCUT2D eigenvalue weighted by atomic mass is 10.1. The lowest BCUT2D eigenvalue weighted by Gasteiger charge is -2.31. The molecule has 7 heteroatoms. The van der Waals surface area contributed by atoms with E-state index in [9.17, 15) is 14.4 Å². The van der Waals surface area contributed by atoms with E-state index in [4.69, 9.17) is 4.74 Å². The Bertz CT molecular complexity index is 982. The summed E-state index contributed by atoms with van der Waals surface area (Å²) in [6.45, 7) is 8.72. The minimum Gasteiger partial charge on any atom is -0.482 e. The number of hydrogen-bond acceptors (Lipinski definition) is 4. The van der Waals surface area contributed by atoms with E-state index in [2.05, 4.69) is 5.32 Å². The van der Waals surface area contributed by atoms with Gasteiger partial charge in [0.25, 0.3) is 11.8 Å². The number of fused-ring (bicyclic) bond motifs is 1. The standard InChI is InChI=1S/C23H27N3O4/c1-5-25(6-2)21(27)13-26-19-12-18(9-10-20(19)30-14-22(26)28)24-23(29)17-8-7-15(3)16(4)11-17/h7-12H,5-6,13-14H2,1-4H3,(H,24,29). The average molecular weight is 409 g/mol. The van der Waals surface area contributed by atoms with Gasteiger partial charge in [-0.05, 0) is 69.2 Å². The van der Waals surface area contributed by atoms with E-state index < -0.39 is 0 Å². The summed E-state index contributed by atoms with van der Waals surface area (Å²) in [5.41, 5.74) is 3.70. The lowest BCUT2D eigenvalue weighted by Crippen LogP contribution is -2.46. The van der Waals surface area contributed by atoms with E-state index in [1.807, 2.05) is 39.8 Å². The van der Waals surface area contributed by atoms with Gasteiger partial charge in [0.2, 0.25) is 5.91 Å². The molecule has 0 saturated heterocycles. The molecule has 0 bridgehead atoms. The van der Waals surface area contributed by atoms with E-state index in [0.29, 0.717) is 35.8 Å². The molecule has 1 aliphatic heterocycles. The SMILES string of the molecule is CCN(CC)C(=O)CN1C(=O)COc2ccc(NC(=O)c3ccc(C)c(C)c3)cc21. The van der Waals surface area contributed by atoms with Crippen LogP contribution in [0.2, 0.25) is 0 Å². The van der Waals surface area contributed by atoms with Crippen LogP contribution in [0.3, 0.4) is 0 Å². The molecule has 3 rings (SSSR count). The number of nitrogens with zero attached hydrogens (tertiary/aromatic N) is 2. The lowest BCUT2D eigenvalue weighted by molar-refractivity contribution is -0.131. The first-order valence-corrected chi connectivity index (χ1v) is 10.1. The van der Waals surface area contributed by atoms with Gasteiger partial charge in [0.15, 0.2) is 6.61 Å². The Morgan fingerprint density at radius 1 is 1.07 bits per heavy atom. The molecule has 2 aromatic rings. The molecule has 0 aromatic heterocycles. The van der Waals surface area contributed by atoms with Crippen LogP contribution in [0.1, 0.15) is 35.3 Å². The molecule has 0 radical (unpaired) electrons. The molecule has 0 spiro atoms. The summed E-state index contributed by atoms with van der Waals surface area (Å²) in [6.07, 6.45) is 0. The Hall–Kier alpha value is -3.35. The Morgan fingerprint density at radius 2 is 1.80 bits per heavy atom. The van der Waals surface area contributed by atoms with Gasteiger partial charge in [-0.25, -0.2) is 0 Å². The monoisotopic (exact) mass is 409 g/mol. The zero-order valence-electron chi connectivity index (χ0n) is 17.8. The van der Waals surface area contributed by atoms with Gasteiger partial charge in [-0.3, -0.25) is 19.3 Å². The number of carbonyl (C=O) groups is 3. The van der Waals surface area contributed by atoms with E-state index >= 15 is 0 Å². The van der Waals surface area contributed by atoms with Crippen LogP contribution in [0.5, 0.6) is 5.75 Å². The molecule has 0 saturated carbocycles. The maximum absolute atomic E-state index is 12.7. The smallest absolute Gasteiger partial charge is 0.265 e. The van der Waals surface area contributed by atoms with Crippen LogP contribution in [0.4, 0.5) is 11.4 Å². The topological polar surface area (TPSA) is 79.0 Å². The van der Waals surface area contributed by atoms with Crippen LogP contribution in [0.15, 0.2) is 36.4 Å². The summed E-state index contributed by atoms with van der Waals surface area (Å²) >= 11 is 0. The molecular formula is C23H27N3O4. The van der Waals surface area contributed by atoms with E-state index in [0.717, 1.165) is 11.1 Å². The van der Waals surface area contributed by atoms with Crippen molar-refractivity contribution in [3.05, 3.63) is 53.1 Å². The highest BCUT2D eigenvalue weighted by Gasteiger charge is 2.29. The van der Waals surface area contributed by atoms with Crippen molar-refractivity contribution in [2.75, 3.05) is 36.5 Å². The summed E-state index contributed by atoms with van der Waals surface area (Å²) in [7, 11) is 0. The molecule has 0 fully saturated rings. The molecule has 1 heterocycles. The van der Waals surface area contributed by atoms with Crippen molar-refractivity contribution < 1.29 is 19.1 Å². The van der Waals surface area contributed by atoms with Crippen LogP contribution in [0.25, 0.3) is 0 Å². The molecule has 7 nitrogen and oxygen atoms in total. The highest BCUT2D eigenvalue weighted by atomic mass is 16.5. The fraction of sp³-hybridized carbons (Fsp3) is 0.348. The van der Waals surface area contributed by atoms with Crippen LogP contribution >= 0.6 is 0 Å². The number of anilines is 2. The predicted octanol–water partition coefficient (Wildman–Crippen LogP) is 3.15. The van der Waals surface area contributed by atoms with Gasteiger partial charge in [0.05, 0.1) is 5.69 Å². The normalized spacial score (nSPS) is 12.8. The minimum absolute atomic E-state index is 0.0641. The first-order chi connectivity index (χ1) is 14.3. The maximum Gasteiger partial charge on any atom is 0.265 e. The van der Waals surface area contributed by atoms with Crippen LogP contribution in [-0.4, -0.2) is 48.9 Å². The summed E-state index contributed by atoms with van der Waals surface area (Å²) in [6, 6.07) is 10.6. The summed E-state index contributed by atoms with van der Waals surface area (Å²) in [5, 5.41) is 2.86. The average Bonchev–Trinajstić information content (AvgIpc) is 2.73. The van der Waals surface area contributed by atoms with E-state index in [1.54, 1.807) is 29.2 Å². The third-order valence-corrected chi connectivity index (χ3v) is 5.34. The van der Waals surface area contributed by atoms with E-state index in [1.165, 1.54) is 4.90 Å². The van der Waals surface area contributed by atoms with Gasteiger partial charge in [-0.2, -0.15) is 0 Å². The van der Waals surface area contributed by atoms with Gasteiger partial charge in [-0.1, -0.05) is 6.07 Å². The second kappa shape index (κ2) is 8.98. The molecule has 158 valence electrons. The number of nitrogens with one attached hydrogen (secondary N) is 1. The Morgan fingerprint density at radius 3 is 2.47 bits per heavy atom. The summed E-state index contributed by atoms with van der Waals surface area (Å²) < 4.78 is 5.51. The predicted molar refractivity (Wildman–Crippen MR) is 116 cm³/mol. The highest BCUT2D eigenvalue weighted by molar-refractivity contribution is 6.06. The number of aryl methyl sites for hydroxylation is 2. The minimum atomic E-state index is -0.291. The zero-order valence-corrected chi connectivity index (χ0v) is 17.8. The fourth-order valence-electron chi connectivity index (χ4n) is 3.35. The second-order valence-corrected chi connectivity index (χ2v) is 7.27. The first kappa shape index (κ1) is 21.4. The van der Waals surface area contributed by atoms with Gasteiger partial charge < -0.3 is 15.0 Å². The van der Waals surface area contributed by atoms with Crippen molar-refractivity contribution in [1.82, 2.24) is 4.90 Å². The molecule has 30 heavy (non-hydrogen) atoms. The molecule has 1 aliphatic rings. The van der Waals surface area contributed by atoms with Crippen molar-refractivity contribution in [2.24, 2.45) is 0 Å². The molecule has 0 unspecified atom stereocenters. The quantitative estimate of drug-likeness (QED) is 0.795. The molecule has 1 N–H and O–H groups in total. The number of carbonyl (C=O) groups excluding carboxylic acids is 3. The highest BCUT2D eigenvalue weighted by Crippen LogP contribution is 2.34. The third kappa shape index (κ3) is 4.45. The maximum atomic E-state index is 12.7. The summed E-state index contributed by atoms with van der Waals surface area (Å²) in [4.78, 5) is 40.8. The number of benzene rings is 2. The zero-order chi connectivity index (χ0) is 21.8. The largest absolute Gasteiger partial charge is 0.482 e. The molecule has 0 atom stereocenters. The van der Waals surface area contributed by atoms with Gasteiger partial charge >= 0.3 is 0 Å². The summed E-state index contributed by atoms with van der Waals surface area (Å²) in [5.74, 6) is -0.163. The number of hydrogen-bond donors (Lipinski definition) is 1. The Balaban J connectivity index is 1.84. The Labute approximate surface area is 176 Å². The third-order valence-electron chi connectivity index (χ3n) is 5.34. The number of ether oxygens (including phenoxy) is 1. The van der Waals surface area contributed by atoms with Gasteiger partial charge in [0, 0.05) is 24.3 Å². The van der Waals surface area contributed by atoms with Crippen molar-refractivity contribution in [3.63, 3.8) is 0 Å². The van der Waals surface area contributed by atoms with E-state index in [-0.39, 0.29) is 30.9 Å². The molecular weight excluding hydrogens is 382 g/mol. The first-order valence-electron chi connectivity index (χ1n) is 10.1. The van der Waals surface area contributed by atoms with Crippen molar-refractivity contribution in [3.8, 4) is 5.75 Å². The van der Waals surface area contributed by atoms with Crippen molar-refractivity contribution in [1.29, 1.82) is 0 Å². The van der Waals surface area contributed by atoms with Gasteiger partial charge in [-0.15, -0.1) is 0 Å². The van der Waals surface area contributed by atoms with Crippen molar-refractivity contribution >= 4 is 29.1 Å². The second-order valence-electron chi connectivity index (χ2n) is 7.27. The number of amides is 3. The molecule has 0 aliphatic carbocycles. The van der Waals surface area contributed by atoms with Crippen molar-refractivity contribution in [2.45, 2.75) is 27.7 Å². The molecule has 3 amide bonds. The Kier molecular flexibility index (Phi) is 6.40. The molecule has 2 aromatic carbocycles. The van der Waals surface area contributed by atoms with Crippen LogP contribution in [0, 0.1) is 13.8 Å². The van der Waals surface area contributed by atoms with Crippen LogP contribution in [-0.2, 0) is 9.59 Å². The fourth-order valence-corrected chi connectivity index (χ4v) is 3.35. The van der Waals surface area contributed by atoms with Crippen LogP contribution < -0.4 is 15.0 Å². The number of likely N-dealkylation sites (N-methyl/N-ethyl adjacent to an activating group) is 1.